The first kappa shape index (κ1) is 30.4. The minimum absolute atomic E-state index is 0.0160. The zero-order chi connectivity index (χ0) is 29.6. The van der Waals surface area contributed by atoms with Crippen LogP contribution < -0.4 is 5.32 Å². The Morgan fingerprint density at radius 2 is 1.74 bits per heavy atom. The number of rotatable bonds is 7. The van der Waals surface area contributed by atoms with Gasteiger partial charge in [-0.25, -0.2) is 4.79 Å². The Kier molecular flexibility index (Phi) is 8.42. The molecule has 2 aromatic rings. The number of hydrogen-bond donors (Lipinski definition) is 2. The minimum atomic E-state index is -1.02. The Hall–Kier alpha value is -3.13. The topological polar surface area (TPSA) is 94.9 Å². The molecule has 1 aliphatic heterocycles. The van der Waals surface area contributed by atoms with E-state index >= 15 is 0 Å². The summed E-state index contributed by atoms with van der Waals surface area (Å²) in [5.41, 5.74) is 2.59. The average molecular weight is 539 g/mol. The average Bonchev–Trinajstić information content (AvgIpc) is 3.11. The van der Waals surface area contributed by atoms with Crippen molar-refractivity contribution in [3.63, 3.8) is 0 Å². The maximum atomic E-state index is 14.1. The number of nitrogens with zero attached hydrogens (tertiary/aromatic N) is 3. The van der Waals surface area contributed by atoms with Crippen LogP contribution >= 0.6 is 0 Å². The summed E-state index contributed by atoms with van der Waals surface area (Å²) < 4.78 is 2.21. The number of carboxylic acid groups (broad SMARTS) is 1. The van der Waals surface area contributed by atoms with E-state index < -0.39 is 34.9 Å². The lowest BCUT2D eigenvalue weighted by atomic mass is 9.72. The first-order chi connectivity index (χ1) is 17.9. The second-order valence-electron chi connectivity index (χ2n) is 13.1. The number of carbonyl (C=O) groups is 3. The monoisotopic (exact) mass is 538 g/mol. The fourth-order valence-electron chi connectivity index (χ4n) is 6.19. The highest BCUT2D eigenvalue weighted by atomic mass is 16.4. The highest BCUT2D eigenvalue weighted by molar-refractivity contribution is 5.94. The Bertz CT molecular complexity index is 1300. The van der Waals surface area contributed by atoms with Gasteiger partial charge in [-0.3, -0.25) is 14.5 Å². The van der Waals surface area contributed by atoms with E-state index in [1.807, 2.05) is 53.8 Å². The molecule has 0 saturated heterocycles. The smallest absolute Gasteiger partial charge is 0.331 e. The second-order valence-corrected chi connectivity index (χ2v) is 13.1. The normalized spacial score (nSPS) is 19.5. The number of amides is 2. The van der Waals surface area contributed by atoms with Gasteiger partial charge in [0.1, 0.15) is 6.04 Å². The molecule has 3 rings (SSSR count). The number of para-hydroxylation sites is 1. The lowest BCUT2D eigenvalue weighted by Crippen LogP contribution is -2.63. The standard InChI is InChI=1S/C31H46N4O4/c1-18(2)22(16-19(3)29(38)39)35(11)28(37)25(30(4,5)6)32-27(36)26-31(7,8)24-20-14-12-13-15-21(20)34(10)23(24)17-33(26)9/h12-16,18,22,25-26H,17H2,1-11H3,(H,32,36)(H,38,39)/b19-16+/t22-,25+,26+/m0/s1. The molecular weight excluding hydrogens is 492 g/mol. The summed E-state index contributed by atoms with van der Waals surface area (Å²) in [5.74, 6) is -1.47. The molecule has 0 radical (unpaired) electrons. The van der Waals surface area contributed by atoms with E-state index in [2.05, 4.69) is 47.8 Å². The summed E-state index contributed by atoms with van der Waals surface area (Å²) in [4.78, 5) is 43.2. The Balaban J connectivity index is 1.98. The van der Waals surface area contributed by atoms with E-state index in [1.54, 1.807) is 18.0 Å². The van der Waals surface area contributed by atoms with E-state index in [0.717, 1.165) is 10.9 Å². The van der Waals surface area contributed by atoms with Crippen LogP contribution in [-0.2, 0) is 33.4 Å². The molecular formula is C31H46N4O4. The highest BCUT2D eigenvalue weighted by Crippen LogP contribution is 2.43. The molecule has 8 nitrogen and oxygen atoms in total. The molecule has 0 aliphatic carbocycles. The molecule has 214 valence electrons. The molecule has 1 aromatic heterocycles. The van der Waals surface area contributed by atoms with Crippen molar-refractivity contribution < 1.29 is 19.5 Å². The molecule has 39 heavy (non-hydrogen) atoms. The molecule has 0 spiro atoms. The third kappa shape index (κ3) is 5.62. The van der Waals surface area contributed by atoms with Crippen molar-refractivity contribution in [3.05, 3.63) is 47.2 Å². The van der Waals surface area contributed by atoms with E-state index in [4.69, 9.17) is 0 Å². The molecule has 1 aromatic carbocycles. The van der Waals surface area contributed by atoms with E-state index in [-0.39, 0.29) is 23.3 Å². The highest BCUT2D eigenvalue weighted by Gasteiger charge is 2.48. The van der Waals surface area contributed by atoms with Crippen LogP contribution in [0.15, 0.2) is 35.9 Å². The fourth-order valence-corrected chi connectivity index (χ4v) is 6.19. The summed E-state index contributed by atoms with van der Waals surface area (Å²) in [7, 11) is 5.71. The molecule has 0 saturated carbocycles. The number of benzene rings is 1. The van der Waals surface area contributed by atoms with Crippen LogP contribution in [0, 0.1) is 11.3 Å². The van der Waals surface area contributed by atoms with E-state index in [0.29, 0.717) is 6.54 Å². The fraction of sp³-hybridized carbons (Fsp3) is 0.581. The summed E-state index contributed by atoms with van der Waals surface area (Å²) >= 11 is 0. The van der Waals surface area contributed by atoms with Crippen molar-refractivity contribution in [2.24, 2.45) is 18.4 Å². The molecule has 0 fully saturated rings. The number of nitrogens with one attached hydrogen (secondary N) is 1. The number of aliphatic carboxylic acids is 1. The Morgan fingerprint density at radius 3 is 2.28 bits per heavy atom. The zero-order valence-corrected chi connectivity index (χ0v) is 25.4. The maximum absolute atomic E-state index is 14.1. The van der Waals surface area contributed by atoms with E-state index in [1.165, 1.54) is 18.2 Å². The van der Waals surface area contributed by atoms with Gasteiger partial charge in [0, 0.05) is 48.2 Å². The van der Waals surface area contributed by atoms with Crippen molar-refractivity contribution in [2.45, 2.75) is 85.5 Å². The van der Waals surface area contributed by atoms with Crippen LogP contribution in [0.2, 0.25) is 0 Å². The van der Waals surface area contributed by atoms with Gasteiger partial charge in [0.25, 0.3) is 0 Å². The van der Waals surface area contributed by atoms with Crippen molar-refractivity contribution in [3.8, 4) is 0 Å². The second kappa shape index (κ2) is 10.8. The summed E-state index contributed by atoms with van der Waals surface area (Å²) in [6, 6.07) is 6.56. The molecule has 2 heterocycles. The minimum Gasteiger partial charge on any atom is -0.478 e. The van der Waals surface area contributed by atoms with Gasteiger partial charge in [-0.05, 0) is 36.9 Å². The summed E-state index contributed by atoms with van der Waals surface area (Å²) in [6.07, 6.45) is 1.62. The van der Waals surface area contributed by atoms with Gasteiger partial charge in [-0.15, -0.1) is 0 Å². The maximum Gasteiger partial charge on any atom is 0.331 e. The molecule has 3 atom stereocenters. The van der Waals surface area contributed by atoms with Crippen molar-refractivity contribution in [1.29, 1.82) is 0 Å². The first-order valence-corrected chi connectivity index (χ1v) is 13.7. The number of fused-ring (bicyclic) bond motifs is 3. The van der Waals surface area contributed by atoms with Crippen LogP contribution in [0.1, 0.15) is 66.6 Å². The first-order valence-electron chi connectivity index (χ1n) is 13.7. The predicted molar refractivity (Wildman–Crippen MR) is 155 cm³/mol. The van der Waals surface area contributed by atoms with Crippen LogP contribution in [0.25, 0.3) is 10.9 Å². The Morgan fingerprint density at radius 1 is 1.15 bits per heavy atom. The van der Waals surface area contributed by atoms with Gasteiger partial charge in [0.15, 0.2) is 0 Å². The van der Waals surface area contributed by atoms with Gasteiger partial charge >= 0.3 is 5.97 Å². The number of aryl methyl sites for hydroxylation is 1. The molecule has 2 N–H and O–H groups in total. The van der Waals surface area contributed by atoms with E-state index in [9.17, 15) is 19.5 Å². The third-order valence-corrected chi connectivity index (χ3v) is 8.28. The van der Waals surface area contributed by atoms with Crippen LogP contribution in [0.3, 0.4) is 0 Å². The van der Waals surface area contributed by atoms with Crippen molar-refractivity contribution in [2.75, 3.05) is 14.1 Å². The molecule has 2 amide bonds. The van der Waals surface area contributed by atoms with Gasteiger partial charge in [-0.1, -0.05) is 72.7 Å². The zero-order valence-electron chi connectivity index (χ0n) is 25.4. The number of carbonyl (C=O) groups excluding carboxylic acids is 2. The number of hydrogen-bond acceptors (Lipinski definition) is 4. The molecule has 8 heteroatoms. The van der Waals surface area contributed by atoms with Gasteiger partial charge in [-0.2, -0.15) is 0 Å². The lowest BCUT2D eigenvalue weighted by molar-refractivity contribution is -0.142. The number of carboxylic acids is 1. The van der Waals surface area contributed by atoms with Crippen LogP contribution in [0.5, 0.6) is 0 Å². The predicted octanol–water partition coefficient (Wildman–Crippen LogP) is 4.31. The quantitative estimate of drug-likeness (QED) is 0.512. The van der Waals surface area contributed by atoms with Crippen LogP contribution in [-0.4, -0.2) is 69.5 Å². The number of likely N-dealkylation sites (N-methyl/N-ethyl adjacent to an activating group) is 2. The molecule has 0 bridgehead atoms. The largest absolute Gasteiger partial charge is 0.478 e. The summed E-state index contributed by atoms with van der Waals surface area (Å²) in [6.45, 7) is 16.1. The molecule has 0 unspecified atom stereocenters. The van der Waals surface area contributed by atoms with Crippen LogP contribution in [0.4, 0.5) is 0 Å². The molecule has 1 aliphatic rings. The van der Waals surface area contributed by atoms with Gasteiger partial charge in [0.05, 0.1) is 12.1 Å². The van der Waals surface area contributed by atoms with Crippen molar-refractivity contribution in [1.82, 2.24) is 19.7 Å². The van der Waals surface area contributed by atoms with Gasteiger partial charge in [0.2, 0.25) is 11.8 Å². The number of aromatic nitrogens is 1. The van der Waals surface area contributed by atoms with Gasteiger partial charge < -0.3 is 19.9 Å². The lowest BCUT2D eigenvalue weighted by Gasteiger charge is -2.45. The Labute approximate surface area is 233 Å². The SMILES string of the molecule is C/C(=C\[C@@H](C(C)C)N(C)C(=O)[C@@H](NC(=O)[C@H]1N(C)Cc2c(c3ccccc3n2C)C1(C)C)C(C)(C)C)C(=O)O. The summed E-state index contributed by atoms with van der Waals surface area (Å²) in [5, 5.41) is 13.7. The van der Waals surface area contributed by atoms with Crippen molar-refractivity contribution >= 4 is 28.7 Å². The third-order valence-electron chi connectivity index (χ3n) is 8.28.